The van der Waals surface area contributed by atoms with Crippen molar-refractivity contribution in [2.75, 3.05) is 19.8 Å². The SMILES string of the molecule is CC1(C)OB(C2=CCN(C(=O)OCc3ccccc3)C23COC3)OC1(C)C. The average Bonchev–Trinajstić information content (AvgIpc) is 3.09. The van der Waals surface area contributed by atoms with Gasteiger partial charge in [0, 0.05) is 6.54 Å². The van der Waals surface area contributed by atoms with Gasteiger partial charge in [-0.05, 0) is 38.7 Å². The van der Waals surface area contributed by atoms with Crippen molar-refractivity contribution in [2.45, 2.75) is 51.0 Å². The first kappa shape index (κ1) is 18.5. The summed E-state index contributed by atoms with van der Waals surface area (Å²) in [4.78, 5) is 14.5. The number of benzene rings is 1. The Balaban J connectivity index is 1.47. The van der Waals surface area contributed by atoms with E-state index in [1.54, 1.807) is 4.90 Å². The average molecular weight is 371 g/mol. The van der Waals surface area contributed by atoms with Crippen LogP contribution in [-0.2, 0) is 25.4 Å². The fourth-order valence-electron chi connectivity index (χ4n) is 3.66. The van der Waals surface area contributed by atoms with Crippen molar-refractivity contribution in [3.63, 3.8) is 0 Å². The third-order valence-electron chi connectivity index (χ3n) is 6.16. The van der Waals surface area contributed by atoms with Gasteiger partial charge >= 0.3 is 13.2 Å². The fraction of sp³-hybridized carbons (Fsp3) is 0.550. The van der Waals surface area contributed by atoms with E-state index in [1.807, 2.05) is 64.1 Å². The molecule has 7 heteroatoms. The first-order valence-corrected chi connectivity index (χ1v) is 9.37. The van der Waals surface area contributed by atoms with Gasteiger partial charge in [0.1, 0.15) is 12.1 Å². The molecule has 1 aromatic carbocycles. The molecule has 4 rings (SSSR count). The first-order chi connectivity index (χ1) is 12.8. The van der Waals surface area contributed by atoms with Crippen molar-refractivity contribution in [3.8, 4) is 0 Å². The second-order valence-corrected chi connectivity index (χ2v) is 8.42. The normalized spacial score (nSPS) is 24.7. The molecule has 27 heavy (non-hydrogen) atoms. The number of ether oxygens (including phenoxy) is 2. The molecule has 3 aliphatic rings. The maximum absolute atomic E-state index is 12.8. The first-order valence-electron chi connectivity index (χ1n) is 9.37. The highest BCUT2D eigenvalue weighted by atomic mass is 16.7. The van der Waals surface area contributed by atoms with Crippen LogP contribution in [0.25, 0.3) is 0 Å². The number of nitrogens with zero attached hydrogens (tertiary/aromatic N) is 1. The van der Waals surface area contributed by atoms with Gasteiger partial charge in [0.25, 0.3) is 0 Å². The zero-order chi connectivity index (χ0) is 19.3. The van der Waals surface area contributed by atoms with Crippen LogP contribution < -0.4 is 0 Å². The minimum atomic E-state index is -0.533. The Morgan fingerprint density at radius 1 is 1.11 bits per heavy atom. The highest BCUT2D eigenvalue weighted by molar-refractivity contribution is 6.55. The van der Waals surface area contributed by atoms with Crippen molar-refractivity contribution in [1.29, 1.82) is 0 Å². The third kappa shape index (κ3) is 2.98. The van der Waals surface area contributed by atoms with Gasteiger partial charge in [0.2, 0.25) is 0 Å². The van der Waals surface area contributed by atoms with Gasteiger partial charge in [-0.3, -0.25) is 4.90 Å². The van der Waals surface area contributed by atoms with E-state index < -0.39 is 23.9 Å². The molecule has 0 aromatic heterocycles. The minimum Gasteiger partial charge on any atom is -0.445 e. The van der Waals surface area contributed by atoms with E-state index in [0.29, 0.717) is 19.8 Å². The van der Waals surface area contributed by atoms with Crippen molar-refractivity contribution in [3.05, 3.63) is 47.4 Å². The van der Waals surface area contributed by atoms with Gasteiger partial charge in [-0.15, -0.1) is 0 Å². The maximum atomic E-state index is 12.8. The lowest BCUT2D eigenvalue weighted by Gasteiger charge is -2.46. The Hall–Kier alpha value is -1.83. The molecule has 0 atom stereocenters. The number of hydrogen-bond acceptors (Lipinski definition) is 5. The van der Waals surface area contributed by atoms with Crippen LogP contribution in [0.1, 0.15) is 33.3 Å². The lowest BCUT2D eigenvalue weighted by Crippen LogP contribution is -2.64. The molecule has 2 fully saturated rings. The molecule has 6 nitrogen and oxygen atoms in total. The largest absolute Gasteiger partial charge is 0.492 e. The van der Waals surface area contributed by atoms with E-state index in [9.17, 15) is 4.79 Å². The highest BCUT2D eigenvalue weighted by Crippen LogP contribution is 2.45. The summed E-state index contributed by atoms with van der Waals surface area (Å²) in [6.07, 6.45) is 1.68. The van der Waals surface area contributed by atoms with Crippen LogP contribution in [0.4, 0.5) is 4.79 Å². The number of carbonyl (C=O) groups excluding carboxylic acids is 1. The number of amides is 1. The van der Waals surface area contributed by atoms with Gasteiger partial charge in [0.15, 0.2) is 0 Å². The number of carbonyl (C=O) groups is 1. The van der Waals surface area contributed by atoms with Crippen LogP contribution in [0, 0.1) is 0 Å². The van der Waals surface area contributed by atoms with E-state index in [2.05, 4.69) is 0 Å². The predicted octanol–water partition coefficient (Wildman–Crippen LogP) is 2.97. The van der Waals surface area contributed by atoms with Crippen molar-refractivity contribution in [2.24, 2.45) is 0 Å². The monoisotopic (exact) mass is 371 g/mol. The summed E-state index contributed by atoms with van der Waals surface area (Å²) >= 11 is 0. The van der Waals surface area contributed by atoms with Crippen molar-refractivity contribution < 1.29 is 23.6 Å². The summed E-state index contributed by atoms with van der Waals surface area (Å²) < 4.78 is 23.5. The summed E-state index contributed by atoms with van der Waals surface area (Å²) in [5.74, 6) is 0. The quantitative estimate of drug-likeness (QED) is 0.765. The summed E-state index contributed by atoms with van der Waals surface area (Å²) in [7, 11) is -0.481. The zero-order valence-electron chi connectivity index (χ0n) is 16.4. The lowest BCUT2D eigenvalue weighted by molar-refractivity contribution is -0.0996. The second-order valence-electron chi connectivity index (χ2n) is 8.42. The van der Waals surface area contributed by atoms with Crippen molar-refractivity contribution >= 4 is 13.2 Å². The van der Waals surface area contributed by atoms with E-state index in [0.717, 1.165) is 11.0 Å². The predicted molar refractivity (Wildman–Crippen MR) is 101 cm³/mol. The molecule has 1 aromatic rings. The molecule has 0 unspecified atom stereocenters. The molecule has 0 bridgehead atoms. The minimum absolute atomic E-state index is 0.249. The lowest BCUT2D eigenvalue weighted by atomic mass is 9.66. The van der Waals surface area contributed by atoms with E-state index in [1.165, 1.54) is 0 Å². The molecule has 0 radical (unpaired) electrons. The van der Waals surface area contributed by atoms with Gasteiger partial charge in [-0.2, -0.15) is 0 Å². The summed E-state index contributed by atoms with van der Waals surface area (Å²) in [6, 6.07) is 9.67. The van der Waals surface area contributed by atoms with Crippen LogP contribution in [-0.4, -0.2) is 54.6 Å². The van der Waals surface area contributed by atoms with Crippen molar-refractivity contribution in [1.82, 2.24) is 4.90 Å². The smallest absolute Gasteiger partial charge is 0.445 e. The molecule has 1 spiro atoms. The van der Waals surface area contributed by atoms with Crippen LogP contribution in [0.15, 0.2) is 41.9 Å². The fourth-order valence-corrected chi connectivity index (χ4v) is 3.66. The van der Waals surface area contributed by atoms with Gasteiger partial charge in [-0.25, -0.2) is 4.79 Å². The molecule has 144 valence electrons. The topological polar surface area (TPSA) is 57.2 Å². The van der Waals surface area contributed by atoms with Crippen LogP contribution in [0.5, 0.6) is 0 Å². The van der Waals surface area contributed by atoms with E-state index in [4.69, 9.17) is 18.8 Å². The molecule has 0 N–H and O–H groups in total. The Morgan fingerprint density at radius 2 is 1.74 bits per heavy atom. The molecule has 0 saturated carbocycles. The summed E-state index contributed by atoms with van der Waals surface area (Å²) in [5.41, 5.74) is 0.540. The Kier molecular flexibility index (Phi) is 4.37. The molecule has 1 amide bonds. The van der Waals surface area contributed by atoms with Gasteiger partial charge in [-0.1, -0.05) is 36.4 Å². The standard InChI is InChI=1S/C20H26BNO5/c1-18(2)19(3,4)27-21(26-18)16-10-11-22(20(16)13-24-14-20)17(23)25-12-15-8-6-5-7-9-15/h5-10H,11-14H2,1-4H3. The summed E-state index contributed by atoms with van der Waals surface area (Å²) in [6.45, 7) is 9.69. The van der Waals surface area contributed by atoms with E-state index in [-0.39, 0.29) is 12.7 Å². The molecular formula is C20H26BNO5. The number of rotatable bonds is 3. The second kappa shape index (κ2) is 6.36. The third-order valence-corrected chi connectivity index (χ3v) is 6.16. The molecule has 0 aliphatic carbocycles. The van der Waals surface area contributed by atoms with Crippen LogP contribution in [0.2, 0.25) is 0 Å². The van der Waals surface area contributed by atoms with Crippen LogP contribution in [0.3, 0.4) is 0 Å². The molecule has 3 aliphatic heterocycles. The van der Waals surface area contributed by atoms with E-state index >= 15 is 0 Å². The van der Waals surface area contributed by atoms with Gasteiger partial charge in [0.05, 0.1) is 24.4 Å². The zero-order valence-corrected chi connectivity index (χ0v) is 16.4. The molecular weight excluding hydrogens is 345 g/mol. The molecule has 2 saturated heterocycles. The Bertz CT molecular complexity index is 741. The summed E-state index contributed by atoms with van der Waals surface area (Å²) in [5, 5.41) is 0. The number of hydrogen-bond donors (Lipinski definition) is 0. The molecule has 3 heterocycles. The van der Waals surface area contributed by atoms with Crippen LogP contribution >= 0.6 is 0 Å². The maximum Gasteiger partial charge on any atom is 0.492 e. The Morgan fingerprint density at radius 3 is 2.30 bits per heavy atom. The van der Waals surface area contributed by atoms with Gasteiger partial charge < -0.3 is 18.8 Å². The Labute approximate surface area is 160 Å². The highest BCUT2D eigenvalue weighted by Gasteiger charge is 2.62.